The summed E-state index contributed by atoms with van der Waals surface area (Å²) in [5.41, 5.74) is 2.00. The number of carbonyl (C=O) groups is 1. The van der Waals surface area contributed by atoms with Gasteiger partial charge in [-0.15, -0.1) is 12.4 Å². The summed E-state index contributed by atoms with van der Waals surface area (Å²) in [6.07, 6.45) is 2.50. The lowest BCUT2D eigenvalue weighted by Crippen LogP contribution is -2.38. The molecule has 1 aromatic heterocycles. The van der Waals surface area contributed by atoms with Gasteiger partial charge in [0.1, 0.15) is 0 Å². The van der Waals surface area contributed by atoms with Crippen LogP contribution in [0, 0.1) is 6.92 Å². The average Bonchev–Trinajstić information content (AvgIpc) is 3.00. The molecule has 1 amide bonds. The number of rotatable bonds is 9. The first-order valence-electron chi connectivity index (χ1n) is 9.09. The number of likely N-dealkylation sites (N-methyl/N-ethyl adjacent to an activating group) is 1. The lowest BCUT2D eigenvalue weighted by molar-refractivity contribution is -0.118. The van der Waals surface area contributed by atoms with Crippen molar-refractivity contribution in [1.29, 1.82) is 0 Å². The lowest BCUT2D eigenvalue weighted by Gasteiger charge is -2.24. The Morgan fingerprint density at radius 1 is 1.19 bits per heavy atom. The minimum absolute atomic E-state index is 0. The third-order valence-electron chi connectivity index (χ3n) is 4.45. The highest BCUT2D eigenvalue weighted by atomic mass is 35.5. The minimum Gasteiger partial charge on any atom is -0.302 e. The van der Waals surface area contributed by atoms with E-state index in [0.717, 1.165) is 53.4 Å². The number of carbonyl (C=O) groups excluding carboxylic acids is 1. The number of thiazole rings is 1. The zero-order chi connectivity index (χ0) is 18.4. The van der Waals surface area contributed by atoms with Gasteiger partial charge in [0.2, 0.25) is 5.91 Å². The van der Waals surface area contributed by atoms with Crippen LogP contribution in [0.3, 0.4) is 0 Å². The first kappa shape index (κ1) is 23.2. The molecule has 0 atom stereocenters. The van der Waals surface area contributed by atoms with Crippen LogP contribution < -0.4 is 4.90 Å². The molecule has 0 unspecified atom stereocenters. The van der Waals surface area contributed by atoms with Crippen LogP contribution in [-0.4, -0.2) is 42.0 Å². The Morgan fingerprint density at radius 3 is 2.50 bits per heavy atom. The molecular weight excluding hydrogens is 389 g/mol. The zero-order valence-corrected chi connectivity index (χ0v) is 18.4. The van der Waals surface area contributed by atoms with Gasteiger partial charge in [-0.3, -0.25) is 9.69 Å². The number of halogens is 2. The van der Waals surface area contributed by atoms with E-state index in [2.05, 4.69) is 25.7 Å². The molecule has 2 rings (SSSR count). The second kappa shape index (κ2) is 11.1. The molecule has 2 aromatic rings. The smallest absolute Gasteiger partial charge is 0.228 e. The fraction of sp³-hybridized carbons (Fsp3) is 0.579. The van der Waals surface area contributed by atoms with Crippen LogP contribution in [0.4, 0.5) is 5.13 Å². The molecule has 0 spiro atoms. The van der Waals surface area contributed by atoms with Crippen molar-refractivity contribution in [2.45, 2.75) is 47.0 Å². The number of aryl methyl sites for hydroxylation is 1. The fourth-order valence-corrected chi connectivity index (χ4v) is 4.29. The highest BCUT2D eigenvalue weighted by Gasteiger charge is 2.20. The molecule has 0 bridgehead atoms. The van der Waals surface area contributed by atoms with Gasteiger partial charge in [0, 0.05) is 24.5 Å². The summed E-state index contributed by atoms with van der Waals surface area (Å²) in [5.74, 6) is 0.164. The third-order valence-corrected chi connectivity index (χ3v) is 5.69. The van der Waals surface area contributed by atoms with Crippen LogP contribution >= 0.6 is 35.3 Å². The van der Waals surface area contributed by atoms with E-state index in [1.807, 2.05) is 24.0 Å². The van der Waals surface area contributed by atoms with E-state index < -0.39 is 0 Å². The molecule has 0 aliphatic heterocycles. The molecule has 26 heavy (non-hydrogen) atoms. The van der Waals surface area contributed by atoms with Gasteiger partial charge in [0.15, 0.2) is 5.13 Å². The molecule has 0 N–H and O–H groups in total. The maximum atomic E-state index is 12.8. The Labute approximate surface area is 171 Å². The maximum absolute atomic E-state index is 12.8. The minimum atomic E-state index is 0. The number of hydrogen-bond donors (Lipinski definition) is 0. The number of unbranched alkanes of at least 4 members (excludes halogenated alkanes) is 1. The van der Waals surface area contributed by atoms with Crippen LogP contribution in [0.15, 0.2) is 12.1 Å². The van der Waals surface area contributed by atoms with E-state index in [-0.39, 0.29) is 18.3 Å². The van der Waals surface area contributed by atoms with E-state index in [1.54, 1.807) is 11.3 Å². The number of aromatic nitrogens is 1. The van der Waals surface area contributed by atoms with Gasteiger partial charge in [-0.25, -0.2) is 4.98 Å². The van der Waals surface area contributed by atoms with E-state index in [0.29, 0.717) is 18.0 Å². The second-order valence-electron chi connectivity index (χ2n) is 6.24. The quantitative estimate of drug-likeness (QED) is 0.536. The zero-order valence-electron chi connectivity index (χ0n) is 16.0. The van der Waals surface area contributed by atoms with Crippen molar-refractivity contribution in [3.8, 4) is 0 Å². The number of nitrogens with zero attached hydrogens (tertiary/aromatic N) is 3. The number of hydrogen-bond acceptors (Lipinski definition) is 4. The fourth-order valence-electron chi connectivity index (χ4n) is 2.83. The van der Waals surface area contributed by atoms with Gasteiger partial charge in [-0.2, -0.15) is 0 Å². The van der Waals surface area contributed by atoms with Crippen molar-refractivity contribution in [3.05, 3.63) is 22.7 Å². The van der Waals surface area contributed by atoms with Crippen LogP contribution in [0.1, 0.15) is 45.6 Å². The largest absolute Gasteiger partial charge is 0.302 e. The van der Waals surface area contributed by atoms with Crippen LogP contribution in [-0.2, 0) is 4.79 Å². The molecule has 0 saturated carbocycles. The molecule has 0 saturated heterocycles. The molecule has 7 heteroatoms. The Bertz CT molecular complexity index is 716. The van der Waals surface area contributed by atoms with Gasteiger partial charge in [-0.05, 0) is 44.1 Å². The summed E-state index contributed by atoms with van der Waals surface area (Å²) in [6.45, 7) is 11.9. The molecule has 1 aromatic carbocycles. The topological polar surface area (TPSA) is 36.4 Å². The highest BCUT2D eigenvalue weighted by molar-refractivity contribution is 7.22. The molecule has 0 radical (unpaired) electrons. The molecule has 4 nitrogen and oxygen atoms in total. The normalized spacial score (nSPS) is 11.0. The number of fused-ring (bicyclic) bond motifs is 1. The summed E-state index contributed by atoms with van der Waals surface area (Å²) >= 11 is 7.73. The van der Waals surface area contributed by atoms with Gasteiger partial charge in [0.05, 0.1) is 10.2 Å². The predicted molar refractivity (Wildman–Crippen MR) is 116 cm³/mol. The number of benzene rings is 1. The lowest BCUT2D eigenvalue weighted by atomic mass is 10.2. The Balaban J connectivity index is 0.00000338. The van der Waals surface area contributed by atoms with Crippen molar-refractivity contribution in [2.24, 2.45) is 0 Å². The van der Waals surface area contributed by atoms with Gasteiger partial charge < -0.3 is 4.90 Å². The summed E-state index contributed by atoms with van der Waals surface area (Å²) in [5, 5.41) is 1.50. The summed E-state index contributed by atoms with van der Waals surface area (Å²) < 4.78 is 1.04. The molecule has 0 aliphatic carbocycles. The van der Waals surface area contributed by atoms with Gasteiger partial charge in [-0.1, -0.05) is 50.1 Å². The van der Waals surface area contributed by atoms with Crippen LogP contribution in [0.2, 0.25) is 5.02 Å². The molecule has 0 fully saturated rings. The number of amides is 1. The monoisotopic (exact) mass is 417 g/mol. The Hall–Kier alpha value is -0.880. The molecular formula is C19H29Cl2N3OS. The van der Waals surface area contributed by atoms with Crippen LogP contribution in [0.5, 0.6) is 0 Å². The summed E-state index contributed by atoms with van der Waals surface area (Å²) in [4.78, 5) is 21.7. The first-order valence-corrected chi connectivity index (χ1v) is 10.3. The predicted octanol–water partition coefficient (Wildman–Crippen LogP) is 5.54. The van der Waals surface area contributed by atoms with Crippen molar-refractivity contribution in [1.82, 2.24) is 9.88 Å². The van der Waals surface area contributed by atoms with Crippen molar-refractivity contribution in [2.75, 3.05) is 31.1 Å². The van der Waals surface area contributed by atoms with Crippen molar-refractivity contribution >= 4 is 56.6 Å². The summed E-state index contributed by atoms with van der Waals surface area (Å²) in [7, 11) is 0. The Morgan fingerprint density at radius 2 is 1.88 bits per heavy atom. The van der Waals surface area contributed by atoms with Crippen molar-refractivity contribution < 1.29 is 4.79 Å². The summed E-state index contributed by atoms with van der Waals surface area (Å²) in [6, 6.07) is 3.86. The molecule has 0 aliphatic rings. The standard InChI is InChI=1S/C19H28ClN3OS.ClH/c1-5-8-9-17(24)23(11-10-22(6-2)7-3)19-21-18-14(4)12-15(20)13-16(18)25-19;/h12-13H,5-11H2,1-4H3;1H. The second-order valence-corrected chi connectivity index (χ2v) is 7.69. The van der Waals surface area contributed by atoms with Gasteiger partial charge >= 0.3 is 0 Å². The van der Waals surface area contributed by atoms with E-state index in [1.165, 1.54) is 0 Å². The molecule has 146 valence electrons. The van der Waals surface area contributed by atoms with Crippen molar-refractivity contribution in [3.63, 3.8) is 0 Å². The van der Waals surface area contributed by atoms with E-state index >= 15 is 0 Å². The molecule has 1 heterocycles. The average molecular weight is 418 g/mol. The Kier molecular flexibility index (Phi) is 9.86. The number of anilines is 1. The maximum Gasteiger partial charge on any atom is 0.228 e. The van der Waals surface area contributed by atoms with Crippen LogP contribution in [0.25, 0.3) is 10.2 Å². The van der Waals surface area contributed by atoms with E-state index in [9.17, 15) is 4.79 Å². The van der Waals surface area contributed by atoms with Gasteiger partial charge in [0.25, 0.3) is 0 Å². The highest BCUT2D eigenvalue weighted by Crippen LogP contribution is 2.33. The first-order chi connectivity index (χ1) is 12.0. The SMILES string of the molecule is CCCCC(=O)N(CCN(CC)CC)c1nc2c(C)cc(Cl)cc2s1.Cl. The third kappa shape index (κ3) is 5.81. The van der Waals surface area contributed by atoms with E-state index in [4.69, 9.17) is 16.6 Å².